The number of hydrogen-bond acceptors (Lipinski definition) is 5. The summed E-state index contributed by atoms with van der Waals surface area (Å²) in [7, 11) is 3.12. The van der Waals surface area contributed by atoms with E-state index in [2.05, 4.69) is 5.32 Å². The molecule has 0 aliphatic carbocycles. The quantitative estimate of drug-likeness (QED) is 0.861. The second-order valence-corrected chi connectivity index (χ2v) is 4.65. The first-order valence-corrected chi connectivity index (χ1v) is 6.55. The van der Waals surface area contributed by atoms with Gasteiger partial charge >= 0.3 is 0 Å². The molecule has 2 rings (SSSR count). The number of halogens is 1. The summed E-state index contributed by atoms with van der Waals surface area (Å²) >= 11 is 0. The van der Waals surface area contributed by atoms with Crippen LogP contribution in [0.5, 0.6) is 11.5 Å². The van der Waals surface area contributed by atoms with Crippen molar-refractivity contribution in [2.45, 2.75) is 25.0 Å². The highest BCUT2D eigenvalue weighted by atomic mass is 35.5. The van der Waals surface area contributed by atoms with Crippen LogP contribution in [0.3, 0.4) is 0 Å². The summed E-state index contributed by atoms with van der Waals surface area (Å²) in [5.74, 6) is 1.06. The second-order valence-electron chi connectivity index (χ2n) is 4.65. The van der Waals surface area contributed by atoms with E-state index in [1.165, 1.54) is 0 Å². The fourth-order valence-electron chi connectivity index (χ4n) is 2.17. The topological polar surface area (TPSA) is 82.8 Å². The van der Waals surface area contributed by atoms with Crippen LogP contribution in [0, 0.1) is 0 Å². The number of benzene rings is 1. The Balaban J connectivity index is 0.00000220. The molecular weight excluding hydrogens is 296 g/mol. The average molecular weight is 317 g/mol. The van der Waals surface area contributed by atoms with Crippen molar-refractivity contribution in [2.75, 3.05) is 26.1 Å². The molecule has 6 nitrogen and oxygen atoms in total. The van der Waals surface area contributed by atoms with Crippen molar-refractivity contribution in [3.63, 3.8) is 0 Å². The number of carbonyl (C=O) groups is 1. The fraction of sp³-hybridized carbons (Fsp3) is 0.500. The Morgan fingerprint density at radius 2 is 1.90 bits per heavy atom. The molecule has 1 aromatic carbocycles. The Kier molecular flexibility index (Phi) is 6.74. The Labute approximate surface area is 130 Å². The first-order chi connectivity index (χ1) is 9.66. The number of methoxy groups -OCH3 is 2. The highest BCUT2D eigenvalue weighted by molar-refractivity contribution is 5.94. The van der Waals surface area contributed by atoms with Crippen molar-refractivity contribution in [1.82, 2.24) is 0 Å². The largest absolute Gasteiger partial charge is 0.497 e. The lowest BCUT2D eigenvalue weighted by molar-refractivity contribution is -0.126. The van der Waals surface area contributed by atoms with E-state index in [0.717, 1.165) is 6.42 Å². The standard InChI is InChI=1S/C14H20N2O4.ClH/c1-18-11-5-9(6-12(7-11)19-2)16-14(17)13-4-3-10(8-15)20-13;/h5-7,10,13H,3-4,8,15H2,1-2H3,(H,16,17);1H/t10-,13+;/m1./s1. The van der Waals surface area contributed by atoms with Crippen molar-refractivity contribution >= 4 is 24.0 Å². The molecule has 7 heteroatoms. The summed E-state index contributed by atoms with van der Waals surface area (Å²) in [6.45, 7) is 0.441. The van der Waals surface area contributed by atoms with Crippen molar-refractivity contribution in [3.05, 3.63) is 18.2 Å². The summed E-state index contributed by atoms with van der Waals surface area (Å²) in [6.07, 6.45) is 1.04. The van der Waals surface area contributed by atoms with E-state index >= 15 is 0 Å². The first kappa shape index (κ1) is 17.6. The van der Waals surface area contributed by atoms with E-state index < -0.39 is 6.10 Å². The third kappa shape index (κ3) is 4.49. The summed E-state index contributed by atoms with van der Waals surface area (Å²) in [5, 5.41) is 2.81. The minimum Gasteiger partial charge on any atom is -0.497 e. The van der Waals surface area contributed by atoms with Gasteiger partial charge in [-0.2, -0.15) is 0 Å². The molecule has 1 saturated heterocycles. The Morgan fingerprint density at radius 3 is 2.38 bits per heavy atom. The molecule has 0 saturated carbocycles. The summed E-state index contributed by atoms with van der Waals surface area (Å²) in [6, 6.07) is 5.21. The Morgan fingerprint density at radius 1 is 1.29 bits per heavy atom. The van der Waals surface area contributed by atoms with Crippen LogP contribution in [-0.2, 0) is 9.53 Å². The molecule has 3 N–H and O–H groups in total. The monoisotopic (exact) mass is 316 g/mol. The normalized spacial score (nSPS) is 20.5. The van der Waals surface area contributed by atoms with Gasteiger partial charge in [-0.15, -0.1) is 12.4 Å². The highest BCUT2D eigenvalue weighted by Gasteiger charge is 2.29. The predicted octanol–water partition coefficient (Wildman–Crippen LogP) is 1.57. The van der Waals surface area contributed by atoms with Crippen LogP contribution in [0.2, 0.25) is 0 Å². The van der Waals surface area contributed by atoms with Crippen molar-refractivity contribution in [1.29, 1.82) is 0 Å². The number of amides is 1. The zero-order chi connectivity index (χ0) is 14.5. The number of hydrogen-bond donors (Lipinski definition) is 2. The van der Waals surface area contributed by atoms with Gasteiger partial charge in [0.05, 0.1) is 20.3 Å². The van der Waals surface area contributed by atoms with Gasteiger partial charge < -0.3 is 25.3 Å². The number of carbonyl (C=O) groups excluding carboxylic acids is 1. The van der Waals surface area contributed by atoms with Gasteiger partial charge in [0.1, 0.15) is 17.6 Å². The molecule has 0 radical (unpaired) electrons. The third-order valence-electron chi connectivity index (χ3n) is 3.28. The second kappa shape index (κ2) is 8.07. The maximum Gasteiger partial charge on any atom is 0.253 e. The molecule has 1 aliphatic heterocycles. The lowest BCUT2D eigenvalue weighted by atomic mass is 10.2. The molecule has 2 atom stereocenters. The molecule has 1 heterocycles. The highest BCUT2D eigenvalue weighted by Crippen LogP contribution is 2.27. The van der Waals surface area contributed by atoms with E-state index in [4.69, 9.17) is 19.9 Å². The van der Waals surface area contributed by atoms with Gasteiger partial charge in [0, 0.05) is 30.4 Å². The number of ether oxygens (including phenoxy) is 3. The minimum absolute atomic E-state index is 0. The molecule has 1 aromatic rings. The lowest BCUT2D eigenvalue weighted by Gasteiger charge is -2.14. The van der Waals surface area contributed by atoms with E-state index in [1.54, 1.807) is 32.4 Å². The van der Waals surface area contributed by atoms with Gasteiger partial charge in [-0.25, -0.2) is 0 Å². The van der Waals surface area contributed by atoms with Gasteiger partial charge in [0.15, 0.2) is 0 Å². The van der Waals surface area contributed by atoms with Crippen LogP contribution >= 0.6 is 12.4 Å². The van der Waals surface area contributed by atoms with Crippen LogP contribution in [0.4, 0.5) is 5.69 Å². The van der Waals surface area contributed by atoms with E-state index in [0.29, 0.717) is 30.2 Å². The van der Waals surface area contributed by atoms with Gasteiger partial charge in [-0.3, -0.25) is 4.79 Å². The number of rotatable bonds is 5. The van der Waals surface area contributed by atoms with Crippen LogP contribution < -0.4 is 20.5 Å². The smallest absolute Gasteiger partial charge is 0.253 e. The van der Waals surface area contributed by atoms with Crippen LogP contribution in [0.25, 0.3) is 0 Å². The molecule has 0 spiro atoms. The molecular formula is C14H21ClN2O4. The van der Waals surface area contributed by atoms with E-state index in [-0.39, 0.29) is 24.4 Å². The Hall–Kier alpha value is -1.50. The molecule has 21 heavy (non-hydrogen) atoms. The molecule has 1 aliphatic rings. The van der Waals surface area contributed by atoms with Gasteiger partial charge in [-0.1, -0.05) is 0 Å². The van der Waals surface area contributed by atoms with Crippen LogP contribution in [0.1, 0.15) is 12.8 Å². The van der Waals surface area contributed by atoms with Crippen molar-refractivity contribution < 1.29 is 19.0 Å². The zero-order valence-corrected chi connectivity index (χ0v) is 12.9. The third-order valence-corrected chi connectivity index (χ3v) is 3.28. The number of nitrogens with two attached hydrogens (primary N) is 1. The number of anilines is 1. The summed E-state index contributed by atoms with van der Waals surface area (Å²) < 4.78 is 15.9. The molecule has 0 bridgehead atoms. The van der Waals surface area contributed by atoms with Crippen LogP contribution in [0.15, 0.2) is 18.2 Å². The van der Waals surface area contributed by atoms with Crippen LogP contribution in [-0.4, -0.2) is 38.9 Å². The lowest BCUT2D eigenvalue weighted by Crippen LogP contribution is -2.29. The summed E-state index contributed by atoms with van der Waals surface area (Å²) in [5.41, 5.74) is 6.15. The zero-order valence-electron chi connectivity index (χ0n) is 12.1. The molecule has 1 amide bonds. The predicted molar refractivity (Wildman–Crippen MR) is 82.4 cm³/mol. The maximum atomic E-state index is 12.1. The van der Waals surface area contributed by atoms with E-state index in [1.807, 2.05) is 0 Å². The minimum atomic E-state index is -0.444. The fourth-order valence-corrected chi connectivity index (χ4v) is 2.17. The molecule has 0 aromatic heterocycles. The first-order valence-electron chi connectivity index (χ1n) is 6.55. The average Bonchev–Trinajstić information content (AvgIpc) is 2.95. The van der Waals surface area contributed by atoms with Gasteiger partial charge in [0.25, 0.3) is 5.91 Å². The molecule has 0 unspecified atom stereocenters. The SMILES string of the molecule is COc1cc(NC(=O)[C@@H]2CC[C@H](CN)O2)cc(OC)c1.Cl. The van der Waals surface area contributed by atoms with E-state index in [9.17, 15) is 4.79 Å². The van der Waals surface area contributed by atoms with Crippen molar-refractivity contribution in [3.8, 4) is 11.5 Å². The van der Waals surface area contributed by atoms with Gasteiger partial charge in [-0.05, 0) is 12.8 Å². The van der Waals surface area contributed by atoms with Gasteiger partial charge in [0.2, 0.25) is 0 Å². The maximum absolute atomic E-state index is 12.1. The Bertz CT molecular complexity index is 462. The molecule has 118 valence electrons. The molecule has 1 fully saturated rings. The van der Waals surface area contributed by atoms with Crippen molar-refractivity contribution in [2.24, 2.45) is 5.73 Å². The summed E-state index contributed by atoms with van der Waals surface area (Å²) in [4.78, 5) is 12.1. The number of nitrogens with one attached hydrogen (secondary N) is 1.